The number of amides is 1. The van der Waals surface area contributed by atoms with Gasteiger partial charge in [-0.05, 0) is 29.3 Å². The number of para-hydroxylation sites is 1. The molecule has 0 aromatic heterocycles. The summed E-state index contributed by atoms with van der Waals surface area (Å²) in [6.07, 6.45) is 0.0801. The number of hydrogen-bond donors (Lipinski definition) is 1. The number of methoxy groups -OCH3 is 3. The zero-order chi connectivity index (χ0) is 17.8. The van der Waals surface area contributed by atoms with Crippen LogP contribution in [0.1, 0.15) is 11.1 Å². The van der Waals surface area contributed by atoms with Gasteiger partial charge in [0, 0.05) is 13.0 Å². The predicted molar refractivity (Wildman–Crippen MR) is 92.5 cm³/mol. The Hall–Kier alpha value is -2.89. The summed E-state index contributed by atoms with van der Waals surface area (Å²) < 4.78 is 21.7. The molecule has 0 bridgehead atoms. The standard InChI is InChI=1S/C19H21NO5/c1-22-15-8-12(9-16(23-2)18(15)24-3)11-20-19(21)17-10-13-6-4-5-7-14(13)25-17/h4-9,17H,10-11H2,1-3H3,(H,20,21). The van der Waals surface area contributed by atoms with Crippen LogP contribution in [0.5, 0.6) is 23.0 Å². The van der Waals surface area contributed by atoms with Gasteiger partial charge in [0.2, 0.25) is 5.75 Å². The first-order valence-corrected chi connectivity index (χ1v) is 7.97. The third-order valence-corrected chi connectivity index (χ3v) is 4.13. The first-order valence-electron chi connectivity index (χ1n) is 7.97. The highest BCUT2D eigenvalue weighted by Gasteiger charge is 2.28. The van der Waals surface area contributed by atoms with E-state index in [-0.39, 0.29) is 5.91 Å². The van der Waals surface area contributed by atoms with Gasteiger partial charge in [-0.25, -0.2) is 0 Å². The molecule has 1 aliphatic rings. The minimum absolute atomic E-state index is 0.148. The molecule has 0 spiro atoms. The first-order chi connectivity index (χ1) is 12.2. The summed E-state index contributed by atoms with van der Waals surface area (Å²) in [5.41, 5.74) is 1.90. The zero-order valence-corrected chi connectivity index (χ0v) is 14.5. The van der Waals surface area contributed by atoms with E-state index in [9.17, 15) is 4.79 Å². The van der Waals surface area contributed by atoms with Gasteiger partial charge in [0.25, 0.3) is 5.91 Å². The van der Waals surface area contributed by atoms with E-state index in [0.717, 1.165) is 16.9 Å². The summed E-state index contributed by atoms with van der Waals surface area (Å²) >= 11 is 0. The van der Waals surface area contributed by atoms with Gasteiger partial charge >= 0.3 is 0 Å². The van der Waals surface area contributed by atoms with Gasteiger partial charge in [-0.2, -0.15) is 0 Å². The average molecular weight is 343 g/mol. The van der Waals surface area contributed by atoms with Gasteiger partial charge in [0.1, 0.15) is 5.75 Å². The lowest BCUT2D eigenvalue weighted by atomic mass is 10.1. The van der Waals surface area contributed by atoms with Crippen molar-refractivity contribution in [1.29, 1.82) is 0 Å². The molecule has 132 valence electrons. The maximum atomic E-state index is 12.4. The van der Waals surface area contributed by atoms with E-state index in [4.69, 9.17) is 18.9 Å². The van der Waals surface area contributed by atoms with Crippen molar-refractivity contribution in [1.82, 2.24) is 5.32 Å². The summed E-state index contributed by atoms with van der Waals surface area (Å²) in [6, 6.07) is 11.3. The maximum Gasteiger partial charge on any atom is 0.261 e. The Morgan fingerprint density at radius 3 is 2.40 bits per heavy atom. The van der Waals surface area contributed by atoms with Crippen LogP contribution in [0.4, 0.5) is 0 Å². The molecule has 0 fully saturated rings. The Labute approximate surface area is 146 Å². The number of fused-ring (bicyclic) bond motifs is 1. The van der Waals surface area contributed by atoms with Crippen molar-refractivity contribution in [2.75, 3.05) is 21.3 Å². The van der Waals surface area contributed by atoms with Crippen molar-refractivity contribution < 1.29 is 23.7 Å². The molecule has 0 radical (unpaired) electrons. The molecular formula is C19H21NO5. The van der Waals surface area contributed by atoms with E-state index in [2.05, 4.69) is 5.32 Å². The molecule has 2 aromatic rings. The van der Waals surface area contributed by atoms with Crippen molar-refractivity contribution in [2.24, 2.45) is 0 Å². The van der Waals surface area contributed by atoms with Crippen LogP contribution in [-0.2, 0) is 17.8 Å². The van der Waals surface area contributed by atoms with Crippen molar-refractivity contribution in [3.8, 4) is 23.0 Å². The second-order valence-electron chi connectivity index (χ2n) is 5.67. The lowest BCUT2D eigenvalue weighted by Crippen LogP contribution is -2.37. The number of rotatable bonds is 6. The quantitative estimate of drug-likeness (QED) is 0.872. The van der Waals surface area contributed by atoms with Crippen LogP contribution in [0.3, 0.4) is 0 Å². The lowest BCUT2D eigenvalue weighted by Gasteiger charge is -2.15. The summed E-state index contributed by atoms with van der Waals surface area (Å²) in [6.45, 7) is 0.339. The van der Waals surface area contributed by atoms with Gasteiger partial charge in [0.15, 0.2) is 17.6 Å². The summed E-state index contributed by atoms with van der Waals surface area (Å²) in [5.74, 6) is 2.25. The monoisotopic (exact) mass is 343 g/mol. The number of benzene rings is 2. The van der Waals surface area contributed by atoms with Gasteiger partial charge in [-0.15, -0.1) is 0 Å². The minimum Gasteiger partial charge on any atom is -0.493 e. The molecule has 1 aliphatic heterocycles. The van der Waals surface area contributed by atoms with Crippen molar-refractivity contribution in [2.45, 2.75) is 19.1 Å². The van der Waals surface area contributed by atoms with Crippen LogP contribution in [0, 0.1) is 0 Å². The van der Waals surface area contributed by atoms with E-state index in [0.29, 0.717) is 30.2 Å². The number of carbonyl (C=O) groups excluding carboxylic acids is 1. The van der Waals surface area contributed by atoms with Crippen LogP contribution < -0.4 is 24.3 Å². The van der Waals surface area contributed by atoms with Gasteiger partial charge in [-0.1, -0.05) is 18.2 Å². The minimum atomic E-state index is -0.501. The van der Waals surface area contributed by atoms with Gasteiger partial charge in [0.05, 0.1) is 21.3 Å². The third-order valence-electron chi connectivity index (χ3n) is 4.13. The molecule has 0 saturated carbocycles. The normalized spacial score (nSPS) is 15.1. The molecule has 25 heavy (non-hydrogen) atoms. The second kappa shape index (κ2) is 7.34. The van der Waals surface area contributed by atoms with E-state index in [1.165, 1.54) is 0 Å². The highest BCUT2D eigenvalue weighted by Crippen LogP contribution is 2.38. The molecule has 1 N–H and O–H groups in total. The van der Waals surface area contributed by atoms with Crippen LogP contribution in [0.15, 0.2) is 36.4 Å². The molecular weight excluding hydrogens is 322 g/mol. The molecule has 1 atom stereocenters. The van der Waals surface area contributed by atoms with Crippen molar-refractivity contribution in [3.63, 3.8) is 0 Å². The fraction of sp³-hybridized carbons (Fsp3) is 0.316. The number of hydrogen-bond acceptors (Lipinski definition) is 5. The Balaban J connectivity index is 1.67. The fourth-order valence-corrected chi connectivity index (χ4v) is 2.87. The highest BCUT2D eigenvalue weighted by atomic mass is 16.5. The molecule has 6 nitrogen and oxygen atoms in total. The first kappa shape index (κ1) is 17.0. The topological polar surface area (TPSA) is 66.0 Å². The Bertz CT molecular complexity index is 724. The van der Waals surface area contributed by atoms with E-state index >= 15 is 0 Å². The smallest absolute Gasteiger partial charge is 0.261 e. The molecule has 0 aliphatic carbocycles. The van der Waals surface area contributed by atoms with Crippen molar-refractivity contribution in [3.05, 3.63) is 47.5 Å². The molecule has 3 rings (SSSR count). The lowest BCUT2D eigenvalue weighted by molar-refractivity contribution is -0.127. The Morgan fingerprint density at radius 2 is 1.80 bits per heavy atom. The van der Waals surface area contributed by atoms with Crippen molar-refractivity contribution >= 4 is 5.91 Å². The highest BCUT2D eigenvalue weighted by molar-refractivity contribution is 5.82. The number of nitrogens with one attached hydrogen (secondary N) is 1. The molecule has 1 heterocycles. The van der Waals surface area contributed by atoms with E-state index in [1.54, 1.807) is 21.3 Å². The Morgan fingerprint density at radius 1 is 1.12 bits per heavy atom. The van der Waals surface area contributed by atoms with Crippen LogP contribution in [-0.4, -0.2) is 33.3 Å². The molecule has 6 heteroatoms. The van der Waals surface area contributed by atoms with Crippen LogP contribution in [0.2, 0.25) is 0 Å². The Kier molecular flexibility index (Phi) is 4.97. The SMILES string of the molecule is COc1cc(CNC(=O)C2Cc3ccccc3O2)cc(OC)c1OC. The number of ether oxygens (including phenoxy) is 4. The number of carbonyl (C=O) groups is 1. The van der Waals surface area contributed by atoms with Crippen LogP contribution in [0.25, 0.3) is 0 Å². The molecule has 0 saturated heterocycles. The average Bonchev–Trinajstić information content (AvgIpc) is 3.09. The second-order valence-corrected chi connectivity index (χ2v) is 5.67. The summed E-state index contributed by atoms with van der Waals surface area (Å²) in [7, 11) is 4.67. The third kappa shape index (κ3) is 3.47. The van der Waals surface area contributed by atoms with E-state index < -0.39 is 6.10 Å². The van der Waals surface area contributed by atoms with Gasteiger partial charge < -0.3 is 24.3 Å². The largest absolute Gasteiger partial charge is 0.493 e. The predicted octanol–water partition coefficient (Wildman–Crippen LogP) is 2.33. The fourth-order valence-electron chi connectivity index (χ4n) is 2.87. The van der Waals surface area contributed by atoms with E-state index in [1.807, 2.05) is 36.4 Å². The maximum absolute atomic E-state index is 12.4. The molecule has 1 amide bonds. The molecule has 1 unspecified atom stereocenters. The van der Waals surface area contributed by atoms with Gasteiger partial charge in [-0.3, -0.25) is 4.79 Å². The summed E-state index contributed by atoms with van der Waals surface area (Å²) in [4.78, 5) is 12.4. The summed E-state index contributed by atoms with van der Waals surface area (Å²) in [5, 5.41) is 2.90. The zero-order valence-electron chi connectivity index (χ0n) is 14.5. The molecule has 2 aromatic carbocycles. The van der Waals surface area contributed by atoms with Crippen LogP contribution >= 0.6 is 0 Å².